The molecular formula is C24H21N3O4S. The van der Waals surface area contributed by atoms with Crippen LogP contribution in [0.4, 0.5) is 11.4 Å². The second-order valence-corrected chi connectivity index (χ2v) is 9.26. The zero-order valence-corrected chi connectivity index (χ0v) is 18.0. The molecule has 3 aromatic rings. The molecule has 0 saturated carbocycles. The first-order valence-electron chi connectivity index (χ1n) is 10.0. The minimum atomic E-state index is -3.76. The molecule has 162 valence electrons. The first-order chi connectivity index (χ1) is 15.5. The normalized spacial score (nSPS) is 15.2. The Bertz CT molecular complexity index is 1250. The fraction of sp³-hybridized carbons (Fsp3) is 0.167. The number of hydrogen-bond acceptors (Lipinski definition) is 5. The quantitative estimate of drug-likeness (QED) is 0.624. The van der Waals surface area contributed by atoms with Crippen LogP contribution in [0.5, 0.6) is 5.75 Å². The van der Waals surface area contributed by atoms with Gasteiger partial charge in [0.15, 0.2) is 6.10 Å². The van der Waals surface area contributed by atoms with Gasteiger partial charge >= 0.3 is 0 Å². The summed E-state index contributed by atoms with van der Waals surface area (Å²) in [5.74, 6) is -0.302. The molecule has 0 unspecified atom stereocenters. The maximum Gasteiger partial charge on any atom is 0.267 e. The number of sulfonamides is 1. The third-order valence-corrected chi connectivity index (χ3v) is 6.78. The van der Waals surface area contributed by atoms with Crippen LogP contribution in [0.15, 0.2) is 78.9 Å². The van der Waals surface area contributed by atoms with E-state index in [1.165, 1.54) is 4.31 Å². The van der Waals surface area contributed by atoms with Gasteiger partial charge in [0.25, 0.3) is 5.91 Å². The Labute approximate surface area is 186 Å². The molecule has 3 aromatic carbocycles. The Balaban J connectivity index is 1.56. The molecule has 1 heterocycles. The van der Waals surface area contributed by atoms with Gasteiger partial charge in [0.2, 0.25) is 10.0 Å². The third-order valence-electron chi connectivity index (χ3n) is 5.06. The number of ether oxygens (including phenoxy) is 1. The number of benzene rings is 3. The van der Waals surface area contributed by atoms with E-state index in [0.29, 0.717) is 22.7 Å². The van der Waals surface area contributed by atoms with Crippen LogP contribution in [0.3, 0.4) is 0 Å². The largest absolute Gasteiger partial charge is 0.476 e. The van der Waals surface area contributed by atoms with Crippen LogP contribution in [0, 0.1) is 11.3 Å². The molecule has 1 amide bonds. The number of amides is 1. The molecule has 7 nitrogen and oxygen atoms in total. The van der Waals surface area contributed by atoms with E-state index >= 15 is 0 Å². The number of fused-ring (bicyclic) bond motifs is 1. The first-order valence-corrected chi connectivity index (χ1v) is 11.6. The number of carbonyl (C=O) groups is 1. The van der Waals surface area contributed by atoms with E-state index in [-0.39, 0.29) is 18.7 Å². The van der Waals surface area contributed by atoms with E-state index in [4.69, 9.17) is 10.00 Å². The van der Waals surface area contributed by atoms with Gasteiger partial charge in [-0.05, 0) is 35.4 Å². The summed E-state index contributed by atoms with van der Waals surface area (Å²) in [6.45, 7) is -0.134. The van der Waals surface area contributed by atoms with E-state index in [9.17, 15) is 13.2 Å². The summed E-state index contributed by atoms with van der Waals surface area (Å²) in [6, 6.07) is 24.7. The lowest BCUT2D eigenvalue weighted by atomic mass is 10.1. The van der Waals surface area contributed by atoms with Gasteiger partial charge in [-0.2, -0.15) is 5.26 Å². The standard InChI is InChI=1S/C24H21N3O4S/c25-15-14-18-10-12-20(13-11-18)26-24(28)23-16-27(21-8-4-5-9-22(21)31-23)32(29,30)17-19-6-2-1-3-7-19/h1-13,23H,14,16-17H2,(H,26,28)/t23-/m0/s1. The molecule has 0 saturated heterocycles. The van der Waals surface area contributed by atoms with Crippen LogP contribution in [-0.2, 0) is 27.0 Å². The van der Waals surface area contributed by atoms with Gasteiger partial charge < -0.3 is 10.1 Å². The van der Waals surface area contributed by atoms with Crippen molar-refractivity contribution in [2.45, 2.75) is 18.3 Å². The summed E-state index contributed by atoms with van der Waals surface area (Å²) in [5.41, 5.74) is 2.45. The number of hydrogen-bond donors (Lipinski definition) is 1. The molecule has 0 spiro atoms. The minimum Gasteiger partial charge on any atom is -0.476 e. The summed E-state index contributed by atoms with van der Waals surface area (Å²) in [6.07, 6.45) is -0.737. The molecule has 0 fully saturated rings. The predicted molar refractivity (Wildman–Crippen MR) is 122 cm³/mol. The summed E-state index contributed by atoms with van der Waals surface area (Å²) in [7, 11) is -3.76. The van der Waals surface area contributed by atoms with Gasteiger partial charge in [-0.3, -0.25) is 9.10 Å². The van der Waals surface area contributed by atoms with Crippen LogP contribution < -0.4 is 14.4 Å². The highest BCUT2D eigenvalue weighted by molar-refractivity contribution is 7.92. The summed E-state index contributed by atoms with van der Waals surface area (Å²) in [5, 5.41) is 11.5. The predicted octanol–water partition coefficient (Wildman–Crippen LogP) is 3.49. The maximum atomic E-state index is 13.3. The molecular weight excluding hydrogens is 426 g/mol. The van der Waals surface area contributed by atoms with Gasteiger partial charge in [-0.1, -0.05) is 54.6 Å². The fourth-order valence-electron chi connectivity index (χ4n) is 3.48. The summed E-state index contributed by atoms with van der Waals surface area (Å²) >= 11 is 0. The lowest BCUT2D eigenvalue weighted by molar-refractivity contribution is -0.122. The number of nitriles is 1. The highest BCUT2D eigenvalue weighted by atomic mass is 32.2. The number of rotatable bonds is 6. The van der Waals surface area contributed by atoms with Crippen LogP contribution in [-0.4, -0.2) is 27.0 Å². The van der Waals surface area contributed by atoms with Crippen LogP contribution in [0.2, 0.25) is 0 Å². The molecule has 1 aliphatic rings. The number of nitrogens with zero attached hydrogens (tertiary/aromatic N) is 2. The second-order valence-electron chi connectivity index (χ2n) is 7.37. The van der Waals surface area contributed by atoms with Crippen molar-refractivity contribution in [3.05, 3.63) is 90.0 Å². The monoisotopic (exact) mass is 447 g/mol. The van der Waals surface area contributed by atoms with Gasteiger partial charge in [0.05, 0.1) is 30.5 Å². The summed E-state index contributed by atoms with van der Waals surface area (Å²) in [4.78, 5) is 12.9. The fourth-order valence-corrected chi connectivity index (χ4v) is 5.07. The van der Waals surface area contributed by atoms with Gasteiger partial charge in [-0.15, -0.1) is 0 Å². The van der Waals surface area contributed by atoms with Crippen molar-refractivity contribution in [3.63, 3.8) is 0 Å². The number of anilines is 2. The number of carbonyl (C=O) groups excluding carboxylic acids is 1. The third kappa shape index (κ3) is 4.74. The van der Waals surface area contributed by atoms with E-state index in [2.05, 4.69) is 11.4 Å². The highest BCUT2D eigenvalue weighted by Crippen LogP contribution is 2.36. The van der Waals surface area contributed by atoms with Crippen LogP contribution in [0.1, 0.15) is 11.1 Å². The second kappa shape index (κ2) is 9.12. The zero-order chi connectivity index (χ0) is 22.6. The first kappa shape index (κ1) is 21.4. The minimum absolute atomic E-state index is 0.134. The smallest absolute Gasteiger partial charge is 0.267 e. The van der Waals surface area contributed by atoms with Crippen molar-refractivity contribution in [2.75, 3.05) is 16.2 Å². The SMILES string of the molecule is N#CCc1ccc(NC(=O)[C@@H]2CN(S(=O)(=O)Cc3ccccc3)c3ccccc3O2)cc1. The molecule has 1 atom stereocenters. The molecule has 0 aromatic heterocycles. The Morgan fingerprint density at radius 1 is 1.00 bits per heavy atom. The molecule has 1 aliphatic heterocycles. The molecule has 0 aliphatic carbocycles. The summed E-state index contributed by atoms with van der Waals surface area (Å²) < 4.78 is 33.6. The average Bonchev–Trinajstić information content (AvgIpc) is 2.80. The topological polar surface area (TPSA) is 99.5 Å². The molecule has 4 rings (SSSR count). The van der Waals surface area contributed by atoms with E-state index in [1.54, 1.807) is 72.8 Å². The van der Waals surface area contributed by atoms with E-state index in [0.717, 1.165) is 5.56 Å². The van der Waals surface area contributed by atoms with Gasteiger partial charge in [-0.25, -0.2) is 8.42 Å². The van der Waals surface area contributed by atoms with Crippen molar-refractivity contribution in [3.8, 4) is 11.8 Å². The molecule has 32 heavy (non-hydrogen) atoms. The zero-order valence-electron chi connectivity index (χ0n) is 17.1. The van der Waals surface area contributed by atoms with Crippen LogP contribution in [0.25, 0.3) is 0 Å². The van der Waals surface area contributed by atoms with Gasteiger partial charge in [0, 0.05) is 5.69 Å². The molecule has 0 bridgehead atoms. The molecule has 8 heteroatoms. The molecule has 1 N–H and O–H groups in total. The molecule has 0 radical (unpaired) electrons. The van der Waals surface area contributed by atoms with E-state index < -0.39 is 22.0 Å². The number of nitrogens with one attached hydrogen (secondary N) is 1. The Morgan fingerprint density at radius 3 is 2.41 bits per heavy atom. The lowest BCUT2D eigenvalue weighted by Crippen LogP contribution is -2.49. The Hall–Kier alpha value is -3.83. The number of para-hydroxylation sites is 2. The van der Waals surface area contributed by atoms with Crippen molar-refractivity contribution < 1.29 is 17.9 Å². The van der Waals surface area contributed by atoms with Crippen molar-refractivity contribution in [2.24, 2.45) is 0 Å². The Morgan fingerprint density at radius 2 is 1.69 bits per heavy atom. The van der Waals surface area contributed by atoms with Crippen LogP contribution >= 0.6 is 0 Å². The van der Waals surface area contributed by atoms with Crippen molar-refractivity contribution >= 4 is 27.3 Å². The Kier molecular flexibility index (Phi) is 6.10. The van der Waals surface area contributed by atoms with E-state index in [1.807, 2.05) is 6.07 Å². The average molecular weight is 448 g/mol. The maximum absolute atomic E-state index is 13.3. The van der Waals surface area contributed by atoms with Crippen molar-refractivity contribution in [1.82, 2.24) is 0 Å². The van der Waals surface area contributed by atoms with Crippen molar-refractivity contribution in [1.29, 1.82) is 5.26 Å². The highest BCUT2D eigenvalue weighted by Gasteiger charge is 2.36. The lowest BCUT2D eigenvalue weighted by Gasteiger charge is -2.34. The van der Waals surface area contributed by atoms with Gasteiger partial charge in [0.1, 0.15) is 5.75 Å².